The predicted octanol–water partition coefficient (Wildman–Crippen LogP) is 2.04. The molecule has 0 radical (unpaired) electrons. The molecule has 1 aromatic carbocycles. The Morgan fingerprint density at radius 2 is 1.95 bits per heavy atom. The Labute approximate surface area is 121 Å². The van der Waals surface area contributed by atoms with Crippen LogP contribution in [0.3, 0.4) is 0 Å². The number of halogens is 1. The monoisotopic (exact) mass is 289 g/mol. The molecule has 0 saturated carbocycles. The maximum atomic E-state index is 13.0. The molecule has 110 valence electrons. The molecule has 1 aromatic heterocycles. The molecule has 0 fully saturated rings. The van der Waals surface area contributed by atoms with E-state index in [0.29, 0.717) is 17.1 Å². The third-order valence-electron chi connectivity index (χ3n) is 3.22. The maximum Gasteiger partial charge on any atom is 0.249 e. The van der Waals surface area contributed by atoms with E-state index in [1.54, 1.807) is 38.3 Å². The highest BCUT2D eigenvalue weighted by molar-refractivity contribution is 5.88. The third kappa shape index (κ3) is 3.10. The van der Waals surface area contributed by atoms with Gasteiger partial charge in [0.1, 0.15) is 11.6 Å². The molecule has 2 aromatic rings. The van der Waals surface area contributed by atoms with Gasteiger partial charge in [-0.3, -0.25) is 9.78 Å². The van der Waals surface area contributed by atoms with E-state index in [4.69, 9.17) is 10.5 Å². The van der Waals surface area contributed by atoms with E-state index < -0.39 is 17.3 Å². The van der Waals surface area contributed by atoms with Crippen LogP contribution in [0.2, 0.25) is 0 Å². The van der Waals surface area contributed by atoms with Gasteiger partial charge in [0.2, 0.25) is 5.91 Å². The molecule has 0 bridgehead atoms. The first kappa shape index (κ1) is 14.8. The van der Waals surface area contributed by atoms with Crippen LogP contribution in [0.1, 0.15) is 12.6 Å². The lowest BCUT2D eigenvalue weighted by Gasteiger charge is -2.28. The Hall–Kier alpha value is -2.63. The van der Waals surface area contributed by atoms with Gasteiger partial charge in [-0.15, -0.1) is 0 Å². The van der Waals surface area contributed by atoms with E-state index in [1.807, 2.05) is 0 Å². The third-order valence-corrected chi connectivity index (χ3v) is 3.22. The fraction of sp³-hybridized carbons (Fsp3) is 0.200. The zero-order valence-electron chi connectivity index (χ0n) is 11.8. The molecule has 0 saturated heterocycles. The molecule has 0 aliphatic rings. The average Bonchev–Trinajstić information content (AvgIpc) is 2.48. The highest BCUT2D eigenvalue weighted by Crippen LogP contribution is 2.26. The lowest BCUT2D eigenvalue weighted by Crippen LogP contribution is -2.45. The van der Waals surface area contributed by atoms with E-state index in [-0.39, 0.29) is 0 Å². The van der Waals surface area contributed by atoms with Gasteiger partial charge in [-0.25, -0.2) is 4.39 Å². The summed E-state index contributed by atoms with van der Waals surface area (Å²) < 4.78 is 18.0. The van der Waals surface area contributed by atoms with Crippen molar-refractivity contribution in [2.75, 3.05) is 12.4 Å². The minimum Gasteiger partial charge on any atom is -0.497 e. The molecular formula is C15H16FN3O2. The highest BCUT2D eigenvalue weighted by atomic mass is 19.1. The second kappa shape index (κ2) is 5.78. The summed E-state index contributed by atoms with van der Waals surface area (Å²) in [6, 6.07) is 9.67. The van der Waals surface area contributed by atoms with Crippen molar-refractivity contribution < 1.29 is 13.9 Å². The van der Waals surface area contributed by atoms with Crippen molar-refractivity contribution in [1.29, 1.82) is 0 Å². The Morgan fingerprint density at radius 1 is 1.29 bits per heavy atom. The number of carbonyl (C=O) groups excluding carboxylic acids is 1. The summed E-state index contributed by atoms with van der Waals surface area (Å²) >= 11 is 0. The summed E-state index contributed by atoms with van der Waals surface area (Å²) in [5.41, 5.74) is 5.25. The second-order valence-electron chi connectivity index (χ2n) is 4.70. The number of ether oxygens (including phenoxy) is 1. The number of hydrogen-bond acceptors (Lipinski definition) is 4. The van der Waals surface area contributed by atoms with Crippen LogP contribution < -0.4 is 15.8 Å². The maximum absolute atomic E-state index is 13.0. The molecule has 21 heavy (non-hydrogen) atoms. The first-order valence-corrected chi connectivity index (χ1v) is 6.30. The summed E-state index contributed by atoms with van der Waals surface area (Å²) in [7, 11) is 1.57. The van der Waals surface area contributed by atoms with E-state index in [9.17, 15) is 9.18 Å². The van der Waals surface area contributed by atoms with Gasteiger partial charge in [0.25, 0.3) is 0 Å². The molecular weight excluding hydrogens is 273 g/mol. The minimum atomic E-state index is -1.25. The number of pyridine rings is 1. The zero-order valence-corrected chi connectivity index (χ0v) is 11.8. The number of aromatic nitrogens is 1. The number of carbonyl (C=O) groups is 1. The van der Waals surface area contributed by atoms with E-state index in [0.717, 1.165) is 6.20 Å². The van der Waals surface area contributed by atoms with Crippen molar-refractivity contribution in [3.8, 4) is 5.75 Å². The number of nitrogens with two attached hydrogens (primary N) is 1. The lowest BCUT2D eigenvalue weighted by atomic mass is 9.95. The molecule has 0 spiro atoms. The van der Waals surface area contributed by atoms with E-state index in [1.165, 1.54) is 12.1 Å². The lowest BCUT2D eigenvalue weighted by molar-refractivity contribution is -0.122. The standard InChI is InChI=1S/C15H16FN3O2/c1-15(14(17)20,13-8-3-10(16)9-18-13)19-11-4-6-12(21-2)7-5-11/h3-9,19H,1-2H3,(H2,17,20). The Bertz CT molecular complexity index is 628. The van der Waals surface area contributed by atoms with Crippen LogP contribution in [0.4, 0.5) is 10.1 Å². The number of nitrogens with one attached hydrogen (secondary N) is 1. The molecule has 1 amide bonds. The van der Waals surface area contributed by atoms with Crippen molar-refractivity contribution in [2.24, 2.45) is 5.73 Å². The first-order valence-electron chi connectivity index (χ1n) is 6.30. The van der Waals surface area contributed by atoms with Gasteiger partial charge in [0.05, 0.1) is 19.0 Å². The topological polar surface area (TPSA) is 77.2 Å². The van der Waals surface area contributed by atoms with Crippen LogP contribution in [0.15, 0.2) is 42.6 Å². The van der Waals surface area contributed by atoms with Crippen LogP contribution in [0, 0.1) is 5.82 Å². The Morgan fingerprint density at radius 3 is 2.43 bits per heavy atom. The molecule has 3 N–H and O–H groups in total. The highest BCUT2D eigenvalue weighted by Gasteiger charge is 2.34. The number of amides is 1. The second-order valence-corrected chi connectivity index (χ2v) is 4.70. The van der Waals surface area contributed by atoms with Gasteiger partial charge >= 0.3 is 0 Å². The van der Waals surface area contributed by atoms with Crippen LogP contribution in [0.5, 0.6) is 5.75 Å². The molecule has 1 atom stereocenters. The quantitative estimate of drug-likeness (QED) is 0.883. The number of rotatable bonds is 5. The van der Waals surface area contributed by atoms with Crippen LogP contribution in [-0.4, -0.2) is 18.0 Å². The number of anilines is 1. The predicted molar refractivity (Wildman–Crippen MR) is 77.4 cm³/mol. The van der Waals surface area contributed by atoms with Gasteiger partial charge in [0.15, 0.2) is 5.54 Å². The smallest absolute Gasteiger partial charge is 0.249 e. The van der Waals surface area contributed by atoms with E-state index >= 15 is 0 Å². The largest absolute Gasteiger partial charge is 0.497 e. The van der Waals surface area contributed by atoms with Crippen molar-refractivity contribution in [2.45, 2.75) is 12.5 Å². The Balaban J connectivity index is 2.33. The fourth-order valence-electron chi connectivity index (χ4n) is 1.89. The summed E-state index contributed by atoms with van der Waals surface area (Å²) in [5.74, 6) is -0.395. The van der Waals surface area contributed by atoms with Crippen LogP contribution in [0.25, 0.3) is 0 Å². The summed E-state index contributed by atoms with van der Waals surface area (Å²) in [5, 5.41) is 3.03. The zero-order chi connectivity index (χ0) is 15.5. The number of benzene rings is 1. The number of primary amides is 1. The molecule has 6 heteroatoms. The normalized spacial score (nSPS) is 13.3. The van der Waals surface area contributed by atoms with Crippen molar-refractivity contribution in [3.63, 3.8) is 0 Å². The van der Waals surface area contributed by atoms with Gasteiger partial charge in [-0.05, 0) is 43.3 Å². The SMILES string of the molecule is COc1ccc(NC(C)(C(N)=O)c2ccc(F)cn2)cc1. The van der Waals surface area contributed by atoms with E-state index in [2.05, 4.69) is 10.3 Å². The van der Waals surface area contributed by atoms with Crippen LogP contribution >= 0.6 is 0 Å². The fourth-order valence-corrected chi connectivity index (χ4v) is 1.89. The van der Waals surface area contributed by atoms with Gasteiger partial charge in [-0.2, -0.15) is 0 Å². The molecule has 0 aliphatic carbocycles. The summed E-state index contributed by atoms with van der Waals surface area (Å²) in [6.07, 6.45) is 1.05. The number of methoxy groups -OCH3 is 1. The molecule has 1 unspecified atom stereocenters. The van der Waals surface area contributed by atoms with Crippen molar-refractivity contribution >= 4 is 11.6 Å². The van der Waals surface area contributed by atoms with Crippen molar-refractivity contribution in [3.05, 3.63) is 54.1 Å². The molecule has 2 rings (SSSR count). The van der Waals surface area contributed by atoms with Crippen LogP contribution in [-0.2, 0) is 10.3 Å². The summed E-state index contributed by atoms with van der Waals surface area (Å²) in [4.78, 5) is 15.8. The van der Waals surface area contributed by atoms with Crippen molar-refractivity contribution in [1.82, 2.24) is 4.98 Å². The molecule has 0 aliphatic heterocycles. The minimum absolute atomic E-state index is 0.340. The number of hydrogen-bond donors (Lipinski definition) is 2. The number of nitrogens with zero attached hydrogens (tertiary/aromatic N) is 1. The molecule has 1 heterocycles. The summed E-state index contributed by atoms with van der Waals surface area (Å²) in [6.45, 7) is 1.60. The average molecular weight is 289 g/mol. The van der Waals surface area contributed by atoms with Gasteiger partial charge < -0.3 is 15.8 Å². The molecule has 5 nitrogen and oxygen atoms in total. The van der Waals surface area contributed by atoms with Gasteiger partial charge in [-0.1, -0.05) is 0 Å². The van der Waals surface area contributed by atoms with Gasteiger partial charge in [0, 0.05) is 5.69 Å². The first-order chi connectivity index (χ1) is 9.95. The Kier molecular flexibility index (Phi) is 4.07.